The van der Waals surface area contributed by atoms with Crippen molar-refractivity contribution in [2.75, 3.05) is 18.4 Å². The van der Waals surface area contributed by atoms with Gasteiger partial charge in [0.15, 0.2) is 0 Å². The number of alkyl halides is 4. The number of nitrogens with zero attached hydrogens (tertiary/aromatic N) is 1. The summed E-state index contributed by atoms with van der Waals surface area (Å²) in [5.41, 5.74) is 0. The van der Waals surface area contributed by atoms with Gasteiger partial charge in [0.2, 0.25) is 10.0 Å². The Kier molecular flexibility index (Phi) is 5.56. The topological polar surface area (TPSA) is 37.4 Å². The summed E-state index contributed by atoms with van der Waals surface area (Å²) in [6.07, 6.45) is -4.51. The molecular weight excluding hydrogens is 299 g/mol. The van der Waals surface area contributed by atoms with Gasteiger partial charge in [0, 0.05) is 11.9 Å². The van der Waals surface area contributed by atoms with Crippen molar-refractivity contribution in [2.24, 2.45) is 0 Å². The fraction of sp³-hybridized carbons (Fsp3) is 1.00. The van der Waals surface area contributed by atoms with E-state index >= 15 is 0 Å². The second-order valence-corrected chi connectivity index (χ2v) is 6.51. The summed E-state index contributed by atoms with van der Waals surface area (Å²) in [7, 11) is -3.85. The van der Waals surface area contributed by atoms with Crippen LogP contribution in [0, 0.1) is 0 Å². The molecule has 0 radical (unpaired) electrons. The van der Waals surface area contributed by atoms with E-state index in [0.29, 0.717) is 4.31 Å². The predicted molar refractivity (Wildman–Crippen MR) is 55.5 cm³/mol. The SMILES string of the molecule is CC(C)S(=O)(=O)N(CCBr)CC(F)(F)F. The molecular formula is C7H13BrF3NO2S. The minimum absolute atomic E-state index is 0.176. The summed E-state index contributed by atoms with van der Waals surface area (Å²) < 4.78 is 59.8. The van der Waals surface area contributed by atoms with E-state index in [0.717, 1.165) is 0 Å². The van der Waals surface area contributed by atoms with Gasteiger partial charge in [-0.3, -0.25) is 0 Å². The molecule has 8 heteroatoms. The Morgan fingerprint density at radius 2 is 1.80 bits per heavy atom. The van der Waals surface area contributed by atoms with Crippen molar-refractivity contribution in [1.29, 1.82) is 0 Å². The third-order valence-electron chi connectivity index (χ3n) is 1.65. The molecule has 0 saturated carbocycles. The van der Waals surface area contributed by atoms with Gasteiger partial charge in [-0.05, 0) is 13.8 Å². The third kappa shape index (κ3) is 5.17. The number of halogens is 4. The Balaban J connectivity index is 4.83. The van der Waals surface area contributed by atoms with Crippen molar-refractivity contribution in [3.63, 3.8) is 0 Å². The van der Waals surface area contributed by atoms with Gasteiger partial charge in [-0.25, -0.2) is 8.42 Å². The molecule has 0 saturated heterocycles. The Morgan fingerprint density at radius 3 is 2.07 bits per heavy atom. The largest absolute Gasteiger partial charge is 0.402 e. The fourth-order valence-electron chi connectivity index (χ4n) is 0.889. The zero-order valence-electron chi connectivity index (χ0n) is 8.38. The quantitative estimate of drug-likeness (QED) is 0.728. The molecule has 0 bridgehead atoms. The van der Waals surface area contributed by atoms with Crippen molar-refractivity contribution < 1.29 is 21.6 Å². The summed E-state index contributed by atoms with van der Waals surface area (Å²) in [5, 5.41) is -0.673. The molecule has 0 aromatic carbocycles. The second kappa shape index (κ2) is 5.49. The van der Waals surface area contributed by atoms with Crippen LogP contribution in [0.2, 0.25) is 0 Å². The molecule has 15 heavy (non-hydrogen) atoms. The van der Waals surface area contributed by atoms with Crippen molar-refractivity contribution in [3.8, 4) is 0 Å². The Morgan fingerprint density at radius 1 is 1.33 bits per heavy atom. The van der Waals surface area contributed by atoms with Crippen LogP contribution in [0.5, 0.6) is 0 Å². The molecule has 0 heterocycles. The molecule has 0 aromatic rings. The highest BCUT2D eigenvalue weighted by atomic mass is 79.9. The van der Waals surface area contributed by atoms with E-state index in [1.54, 1.807) is 0 Å². The lowest BCUT2D eigenvalue weighted by molar-refractivity contribution is -0.135. The van der Waals surface area contributed by atoms with E-state index in [1.807, 2.05) is 0 Å². The Bertz CT molecular complexity index is 289. The first-order chi connectivity index (χ1) is 6.61. The first kappa shape index (κ1) is 15.2. The minimum Gasteiger partial charge on any atom is -0.212 e. The van der Waals surface area contributed by atoms with Gasteiger partial charge in [-0.2, -0.15) is 17.5 Å². The lowest BCUT2D eigenvalue weighted by atomic mass is 10.6. The Hall–Kier alpha value is 0.180. The highest BCUT2D eigenvalue weighted by molar-refractivity contribution is 9.09. The van der Waals surface area contributed by atoms with Gasteiger partial charge in [-0.15, -0.1) is 0 Å². The van der Waals surface area contributed by atoms with Gasteiger partial charge < -0.3 is 0 Å². The maximum atomic E-state index is 12.1. The maximum Gasteiger partial charge on any atom is 0.402 e. The van der Waals surface area contributed by atoms with Crippen LogP contribution in [0.25, 0.3) is 0 Å². The maximum absolute atomic E-state index is 12.1. The molecule has 0 aromatic heterocycles. The molecule has 0 rings (SSSR count). The van der Waals surface area contributed by atoms with Crippen LogP contribution in [-0.2, 0) is 10.0 Å². The molecule has 0 aliphatic heterocycles. The number of hydrogen-bond donors (Lipinski definition) is 0. The monoisotopic (exact) mass is 311 g/mol. The summed E-state index contributed by atoms with van der Waals surface area (Å²) in [6, 6.07) is 0. The molecule has 0 spiro atoms. The van der Waals surface area contributed by atoms with Crippen LogP contribution >= 0.6 is 15.9 Å². The molecule has 92 valence electrons. The minimum atomic E-state index is -4.51. The normalized spacial score (nSPS) is 13.9. The third-order valence-corrected chi connectivity index (χ3v) is 4.22. The number of sulfonamides is 1. The van der Waals surface area contributed by atoms with Crippen LogP contribution < -0.4 is 0 Å². The average molecular weight is 312 g/mol. The highest BCUT2D eigenvalue weighted by Crippen LogP contribution is 2.20. The van der Waals surface area contributed by atoms with E-state index in [4.69, 9.17) is 0 Å². The number of rotatable bonds is 5. The standard InChI is InChI=1S/C7H13BrF3NO2S/c1-6(2)15(13,14)12(4-3-8)5-7(9,10)11/h6H,3-5H2,1-2H3. The van der Waals surface area contributed by atoms with Crippen molar-refractivity contribution in [2.45, 2.75) is 25.3 Å². The Labute approximate surface area is 95.8 Å². The lowest BCUT2D eigenvalue weighted by Gasteiger charge is -2.24. The van der Waals surface area contributed by atoms with Crippen LogP contribution in [0.3, 0.4) is 0 Å². The average Bonchev–Trinajstić information content (AvgIpc) is 2.00. The molecule has 0 unspecified atom stereocenters. The van der Waals surface area contributed by atoms with E-state index in [9.17, 15) is 21.6 Å². The van der Waals surface area contributed by atoms with Gasteiger partial charge in [0.05, 0.1) is 5.25 Å². The van der Waals surface area contributed by atoms with E-state index in [-0.39, 0.29) is 11.9 Å². The van der Waals surface area contributed by atoms with E-state index in [1.165, 1.54) is 13.8 Å². The second-order valence-electron chi connectivity index (χ2n) is 3.23. The molecule has 0 amide bonds. The molecule has 0 fully saturated rings. The molecule has 0 N–H and O–H groups in total. The van der Waals surface area contributed by atoms with E-state index in [2.05, 4.69) is 15.9 Å². The molecule has 0 aliphatic rings. The summed E-state index contributed by atoms with van der Waals surface area (Å²) >= 11 is 2.93. The van der Waals surface area contributed by atoms with Crippen LogP contribution in [0.1, 0.15) is 13.8 Å². The van der Waals surface area contributed by atoms with Crippen LogP contribution in [0.15, 0.2) is 0 Å². The molecule has 0 atom stereocenters. The summed E-state index contributed by atoms with van der Waals surface area (Å²) in [4.78, 5) is 0. The molecule has 3 nitrogen and oxygen atoms in total. The lowest BCUT2D eigenvalue weighted by Crippen LogP contribution is -2.43. The smallest absolute Gasteiger partial charge is 0.212 e. The van der Waals surface area contributed by atoms with Crippen LogP contribution in [0.4, 0.5) is 13.2 Å². The fourth-order valence-corrected chi connectivity index (χ4v) is 2.82. The van der Waals surface area contributed by atoms with Crippen molar-refractivity contribution in [3.05, 3.63) is 0 Å². The van der Waals surface area contributed by atoms with Gasteiger partial charge in [0.1, 0.15) is 6.54 Å². The first-order valence-corrected chi connectivity index (χ1v) is 6.85. The first-order valence-electron chi connectivity index (χ1n) is 4.23. The van der Waals surface area contributed by atoms with E-state index < -0.39 is 28.0 Å². The van der Waals surface area contributed by atoms with Crippen LogP contribution in [-0.4, -0.2) is 42.6 Å². The van der Waals surface area contributed by atoms with Gasteiger partial charge >= 0.3 is 6.18 Å². The van der Waals surface area contributed by atoms with Gasteiger partial charge in [0.25, 0.3) is 0 Å². The van der Waals surface area contributed by atoms with Crippen molar-refractivity contribution in [1.82, 2.24) is 4.31 Å². The number of hydrogen-bond acceptors (Lipinski definition) is 2. The predicted octanol–water partition coefficient (Wildman–Crippen LogP) is 1.98. The van der Waals surface area contributed by atoms with Gasteiger partial charge in [-0.1, -0.05) is 15.9 Å². The zero-order valence-corrected chi connectivity index (χ0v) is 10.8. The zero-order chi connectivity index (χ0) is 12.3. The summed E-state index contributed by atoms with van der Waals surface area (Å²) in [5.74, 6) is 0. The summed E-state index contributed by atoms with van der Waals surface area (Å²) in [6.45, 7) is 1.10. The molecule has 0 aliphatic carbocycles. The highest BCUT2D eigenvalue weighted by Gasteiger charge is 2.36. The van der Waals surface area contributed by atoms with Crippen molar-refractivity contribution >= 4 is 26.0 Å².